The number of aliphatic hydroxyl groups excluding tert-OH is 2. The van der Waals surface area contributed by atoms with Gasteiger partial charge in [0, 0.05) is 20.1 Å². The molecular formula is C9H24O4. The van der Waals surface area contributed by atoms with E-state index < -0.39 is 0 Å². The Balaban J connectivity index is -0.0000000491. The number of carbonyl (C=O) groups excluding carboxylic acids is 1. The normalized spacial score (nSPS) is 6.62. The third-order valence-corrected chi connectivity index (χ3v) is 1.01. The average molecular weight is 196 g/mol. The Morgan fingerprint density at radius 2 is 1.54 bits per heavy atom. The second-order valence-corrected chi connectivity index (χ2v) is 2.13. The molecule has 0 saturated carbocycles. The van der Waals surface area contributed by atoms with Crippen LogP contribution in [-0.2, 0) is 4.79 Å². The molecule has 0 radical (unpaired) electrons. The van der Waals surface area contributed by atoms with Gasteiger partial charge in [-0.05, 0) is 13.3 Å². The van der Waals surface area contributed by atoms with Crippen LogP contribution < -0.4 is 0 Å². The SMILES string of the molecule is CCC(C)=O.CCCCO.CO.O. The summed E-state index contributed by atoms with van der Waals surface area (Å²) in [5.41, 5.74) is 0. The average Bonchev–Trinajstić information content (AvgIpc) is 2.10. The van der Waals surface area contributed by atoms with Crippen LogP contribution in [0.25, 0.3) is 0 Å². The molecule has 0 heterocycles. The largest absolute Gasteiger partial charge is 0.412 e. The van der Waals surface area contributed by atoms with E-state index in [1.807, 2.05) is 6.92 Å². The molecule has 4 heteroatoms. The minimum absolute atomic E-state index is 0. The van der Waals surface area contributed by atoms with Crippen molar-refractivity contribution >= 4 is 5.78 Å². The maximum atomic E-state index is 9.81. The maximum Gasteiger partial charge on any atom is 0.129 e. The van der Waals surface area contributed by atoms with Crippen LogP contribution in [-0.4, -0.2) is 35.2 Å². The van der Waals surface area contributed by atoms with Crippen molar-refractivity contribution in [2.24, 2.45) is 0 Å². The third-order valence-electron chi connectivity index (χ3n) is 1.01. The predicted octanol–water partition coefficient (Wildman–Crippen LogP) is 0.548. The molecule has 0 fully saturated rings. The molecule has 84 valence electrons. The third kappa shape index (κ3) is 83.6. The Bertz CT molecular complexity index is 72.0. The van der Waals surface area contributed by atoms with E-state index >= 15 is 0 Å². The molecule has 0 aliphatic rings. The fourth-order valence-electron chi connectivity index (χ4n) is 0.158. The molecule has 0 bridgehead atoms. The molecule has 0 rings (SSSR count). The summed E-state index contributed by atoms with van der Waals surface area (Å²) in [6.45, 7) is 5.83. The van der Waals surface area contributed by atoms with Gasteiger partial charge in [-0.25, -0.2) is 0 Å². The summed E-state index contributed by atoms with van der Waals surface area (Å²) in [6.07, 6.45) is 2.70. The number of hydrogen-bond acceptors (Lipinski definition) is 3. The van der Waals surface area contributed by atoms with Crippen molar-refractivity contribution in [2.75, 3.05) is 13.7 Å². The Morgan fingerprint density at radius 1 is 1.23 bits per heavy atom. The van der Waals surface area contributed by atoms with Gasteiger partial charge in [-0.1, -0.05) is 20.3 Å². The molecular weight excluding hydrogens is 172 g/mol. The fraction of sp³-hybridized carbons (Fsp3) is 0.889. The number of aliphatic hydroxyl groups is 2. The summed E-state index contributed by atoms with van der Waals surface area (Å²) in [6, 6.07) is 0. The number of carbonyl (C=O) groups is 1. The lowest BCUT2D eigenvalue weighted by Crippen LogP contribution is -1.80. The van der Waals surface area contributed by atoms with Gasteiger partial charge in [-0.2, -0.15) is 0 Å². The van der Waals surface area contributed by atoms with Crippen LogP contribution in [0.2, 0.25) is 0 Å². The first-order valence-electron chi connectivity index (χ1n) is 4.24. The van der Waals surface area contributed by atoms with Crippen molar-refractivity contribution in [3.8, 4) is 0 Å². The lowest BCUT2D eigenvalue weighted by molar-refractivity contribution is -0.116. The summed E-state index contributed by atoms with van der Waals surface area (Å²) < 4.78 is 0. The standard InChI is InChI=1S/C4H8O.C4H10O.CH4O.H2O/c1-3-4(2)5;1-2-3-4-5;1-2;/h3H2,1-2H3;5H,2-4H2,1H3;2H,1H3;1H2. The minimum Gasteiger partial charge on any atom is -0.412 e. The van der Waals surface area contributed by atoms with Crippen LogP contribution in [0.4, 0.5) is 0 Å². The van der Waals surface area contributed by atoms with Gasteiger partial charge in [0.1, 0.15) is 5.78 Å². The summed E-state index contributed by atoms with van der Waals surface area (Å²) >= 11 is 0. The Kier molecular flexibility index (Phi) is 52.8. The van der Waals surface area contributed by atoms with Crippen molar-refractivity contribution in [3.05, 3.63) is 0 Å². The molecule has 0 aliphatic carbocycles. The first kappa shape index (κ1) is 22.9. The summed E-state index contributed by atoms with van der Waals surface area (Å²) in [4.78, 5) is 9.81. The molecule has 0 amide bonds. The number of Topliss-reactive ketones (excluding diaryl/α,β-unsaturated/α-hetero) is 1. The first-order valence-corrected chi connectivity index (χ1v) is 4.24. The van der Waals surface area contributed by atoms with Crippen LogP contribution in [0.3, 0.4) is 0 Å². The highest BCUT2D eigenvalue weighted by Gasteiger charge is 1.76. The topological polar surface area (TPSA) is 89.0 Å². The van der Waals surface area contributed by atoms with E-state index in [9.17, 15) is 4.79 Å². The molecule has 0 atom stereocenters. The Labute approximate surface area is 80.9 Å². The van der Waals surface area contributed by atoms with Gasteiger partial charge in [-0.3, -0.25) is 0 Å². The molecule has 0 spiro atoms. The minimum atomic E-state index is 0. The number of hydrogen-bond donors (Lipinski definition) is 2. The van der Waals surface area contributed by atoms with E-state index in [-0.39, 0.29) is 11.3 Å². The van der Waals surface area contributed by atoms with Gasteiger partial charge in [0.05, 0.1) is 0 Å². The van der Waals surface area contributed by atoms with Crippen LogP contribution in [0, 0.1) is 0 Å². The molecule has 0 aromatic rings. The predicted molar refractivity (Wildman–Crippen MR) is 54.7 cm³/mol. The van der Waals surface area contributed by atoms with E-state index in [1.165, 1.54) is 0 Å². The highest BCUT2D eigenvalue weighted by atomic mass is 16.3. The molecule has 0 saturated heterocycles. The lowest BCUT2D eigenvalue weighted by atomic mass is 10.4. The molecule has 0 aliphatic heterocycles. The van der Waals surface area contributed by atoms with E-state index in [2.05, 4.69) is 6.92 Å². The smallest absolute Gasteiger partial charge is 0.129 e. The summed E-state index contributed by atoms with van der Waals surface area (Å²) in [5.74, 6) is 0.255. The van der Waals surface area contributed by atoms with Gasteiger partial charge < -0.3 is 20.5 Å². The molecule has 0 aromatic heterocycles. The number of ketones is 1. The zero-order chi connectivity index (χ0) is 10.4. The lowest BCUT2D eigenvalue weighted by Gasteiger charge is -1.79. The van der Waals surface area contributed by atoms with Crippen molar-refractivity contribution in [1.82, 2.24) is 0 Å². The van der Waals surface area contributed by atoms with Crippen molar-refractivity contribution in [1.29, 1.82) is 0 Å². The maximum absolute atomic E-state index is 9.81. The second kappa shape index (κ2) is 30.0. The van der Waals surface area contributed by atoms with Gasteiger partial charge in [0.15, 0.2) is 0 Å². The zero-order valence-electron chi connectivity index (χ0n) is 9.13. The molecule has 4 N–H and O–H groups in total. The highest BCUT2D eigenvalue weighted by Crippen LogP contribution is 1.78. The Morgan fingerprint density at radius 3 is 1.54 bits per heavy atom. The second-order valence-electron chi connectivity index (χ2n) is 2.13. The van der Waals surface area contributed by atoms with E-state index in [1.54, 1.807) is 6.92 Å². The zero-order valence-corrected chi connectivity index (χ0v) is 9.13. The summed E-state index contributed by atoms with van der Waals surface area (Å²) in [7, 11) is 1.00. The number of unbranched alkanes of at least 4 members (excludes halogenated alkanes) is 1. The molecule has 4 nitrogen and oxygen atoms in total. The molecule has 13 heavy (non-hydrogen) atoms. The van der Waals surface area contributed by atoms with Crippen molar-refractivity contribution in [2.45, 2.75) is 40.0 Å². The van der Waals surface area contributed by atoms with Crippen LogP contribution in [0.1, 0.15) is 40.0 Å². The van der Waals surface area contributed by atoms with Crippen molar-refractivity contribution < 1.29 is 20.5 Å². The van der Waals surface area contributed by atoms with E-state index in [4.69, 9.17) is 10.2 Å². The molecule has 0 unspecified atom stereocenters. The van der Waals surface area contributed by atoms with Gasteiger partial charge in [0.25, 0.3) is 0 Å². The van der Waals surface area contributed by atoms with Crippen molar-refractivity contribution in [3.63, 3.8) is 0 Å². The van der Waals surface area contributed by atoms with Crippen LogP contribution in [0.5, 0.6) is 0 Å². The fourth-order valence-corrected chi connectivity index (χ4v) is 0.158. The van der Waals surface area contributed by atoms with Gasteiger partial charge >= 0.3 is 0 Å². The highest BCUT2D eigenvalue weighted by molar-refractivity contribution is 5.74. The van der Waals surface area contributed by atoms with Crippen LogP contribution >= 0.6 is 0 Å². The first-order chi connectivity index (χ1) is 5.68. The number of rotatable bonds is 3. The Hall–Kier alpha value is -0.450. The van der Waals surface area contributed by atoms with E-state index in [0.29, 0.717) is 13.0 Å². The molecule has 0 aromatic carbocycles. The monoisotopic (exact) mass is 196 g/mol. The van der Waals surface area contributed by atoms with E-state index in [0.717, 1.165) is 20.0 Å². The van der Waals surface area contributed by atoms with Gasteiger partial charge in [-0.15, -0.1) is 0 Å². The summed E-state index contributed by atoms with van der Waals surface area (Å²) in [5, 5.41) is 15.1. The van der Waals surface area contributed by atoms with Crippen LogP contribution in [0.15, 0.2) is 0 Å². The van der Waals surface area contributed by atoms with Gasteiger partial charge in [0.2, 0.25) is 0 Å². The quantitative estimate of drug-likeness (QED) is 0.690.